The molecule has 3 saturated heterocycles. The SMILES string of the molecule is CC1(C)O[C@@H]2[C@@H]3OC[C@H](C[C@@H]2O1)O3. The van der Waals surface area contributed by atoms with Gasteiger partial charge < -0.3 is 18.9 Å². The van der Waals surface area contributed by atoms with E-state index in [2.05, 4.69) is 0 Å². The van der Waals surface area contributed by atoms with Crippen molar-refractivity contribution in [1.82, 2.24) is 0 Å². The molecule has 2 bridgehead atoms. The Morgan fingerprint density at radius 3 is 2.92 bits per heavy atom. The highest BCUT2D eigenvalue weighted by Crippen LogP contribution is 2.40. The highest BCUT2D eigenvalue weighted by molar-refractivity contribution is 4.92. The monoisotopic (exact) mass is 186 g/mol. The molecule has 3 aliphatic rings. The van der Waals surface area contributed by atoms with Gasteiger partial charge in [-0.2, -0.15) is 0 Å². The third-order valence-corrected chi connectivity index (χ3v) is 2.76. The first kappa shape index (κ1) is 8.17. The first-order chi connectivity index (χ1) is 6.14. The van der Waals surface area contributed by atoms with Gasteiger partial charge >= 0.3 is 0 Å². The maximum absolute atomic E-state index is 5.75. The van der Waals surface area contributed by atoms with E-state index in [1.807, 2.05) is 13.8 Å². The van der Waals surface area contributed by atoms with Crippen LogP contribution in [0.15, 0.2) is 0 Å². The van der Waals surface area contributed by atoms with Crippen LogP contribution in [0.2, 0.25) is 0 Å². The van der Waals surface area contributed by atoms with Crippen molar-refractivity contribution in [3.05, 3.63) is 0 Å². The zero-order valence-corrected chi connectivity index (χ0v) is 7.86. The molecule has 0 unspecified atom stereocenters. The molecule has 3 aliphatic heterocycles. The summed E-state index contributed by atoms with van der Waals surface area (Å²) < 4.78 is 22.5. The summed E-state index contributed by atoms with van der Waals surface area (Å²) in [4.78, 5) is 0. The van der Waals surface area contributed by atoms with Gasteiger partial charge in [-0.1, -0.05) is 0 Å². The van der Waals surface area contributed by atoms with Crippen molar-refractivity contribution in [3.63, 3.8) is 0 Å². The molecule has 0 aromatic heterocycles. The van der Waals surface area contributed by atoms with Crippen molar-refractivity contribution < 1.29 is 18.9 Å². The van der Waals surface area contributed by atoms with E-state index in [1.165, 1.54) is 0 Å². The maximum Gasteiger partial charge on any atom is 0.186 e. The molecule has 4 atom stereocenters. The van der Waals surface area contributed by atoms with Crippen LogP contribution in [0.25, 0.3) is 0 Å². The number of rotatable bonds is 0. The van der Waals surface area contributed by atoms with E-state index >= 15 is 0 Å². The minimum Gasteiger partial charge on any atom is -0.347 e. The predicted octanol–water partition coefficient (Wildman–Crippen LogP) is 0.652. The third kappa shape index (κ3) is 1.21. The molecule has 13 heavy (non-hydrogen) atoms. The van der Waals surface area contributed by atoms with Crippen molar-refractivity contribution in [2.75, 3.05) is 6.61 Å². The Kier molecular flexibility index (Phi) is 1.54. The van der Waals surface area contributed by atoms with Gasteiger partial charge in [-0.15, -0.1) is 0 Å². The lowest BCUT2D eigenvalue weighted by Gasteiger charge is -2.27. The van der Waals surface area contributed by atoms with E-state index in [9.17, 15) is 0 Å². The van der Waals surface area contributed by atoms with E-state index in [0.29, 0.717) is 6.61 Å². The van der Waals surface area contributed by atoms with Crippen molar-refractivity contribution in [2.45, 2.75) is 50.7 Å². The smallest absolute Gasteiger partial charge is 0.186 e. The number of hydrogen-bond acceptors (Lipinski definition) is 4. The van der Waals surface area contributed by atoms with Gasteiger partial charge in [0, 0.05) is 6.42 Å². The summed E-state index contributed by atoms with van der Waals surface area (Å²) in [6, 6.07) is 0. The van der Waals surface area contributed by atoms with Gasteiger partial charge in [0.2, 0.25) is 0 Å². The molecule has 4 nitrogen and oxygen atoms in total. The molecule has 3 fully saturated rings. The van der Waals surface area contributed by atoms with Gasteiger partial charge in [0.15, 0.2) is 12.1 Å². The molecule has 0 aromatic rings. The molecule has 0 amide bonds. The molecular formula is C9H14O4. The summed E-state index contributed by atoms with van der Waals surface area (Å²) in [6.45, 7) is 4.54. The minimum atomic E-state index is -0.480. The van der Waals surface area contributed by atoms with Gasteiger partial charge in [0.05, 0.1) is 18.8 Å². The highest BCUT2D eigenvalue weighted by Gasteiger charge is 2.53. The fourth-order valence-electron chi connectivity index (χ4n) is 2.30. The summed E-state index contributed by atoms with van der Waals surface area (Å²) in [5, 5.41) is 0. The predicted molar refractivity (Wildman–Crippen MR) is 43.1 cm³/mol. The Bertz CT molecular complexity index is 228. The maximum atomic E-state index is 5.75. The summed E-state index contributed by atoms with van der Waals surface area (Å²) in [5.74, 6) is -0.480. The van der Waals surface area contributed by atoms with Crippen LogP contribution in [0.4, 0.5) is 0 Å². The molecule has 3 heterocycles. The molecule has 0 spiro atoms. The zero-order valence-electron chi connectivity index (χ0n) is 7.86. The van der Waals surface area contributed by atoms with Crippen molar-refractivity contribution in [1.29, 1.82) is 0 Å². The van der Waals surface area contributed by atoms with E-state index in [4.69, 9.17) is 18.9 Å². The van der Waals surface area contributed by atoms with Crippen molar-refractivity contribution >= 4 is 0 Å². The number of ether oxygens (including phenoxy) is 4. The normalized spacial score (nSPS) is 52.2. The van der Waals surface area contributed by atoms with Gasteiger partial charge in [-0.3, -0.25) is 0 Å². The van der Waals surface area contributed by atoms with Gasteiger partial charge in [0.25, 0.3) is 0 Å². The second kappa shape index (κ2) is 2.45. The molecule has 0 N–H and O–H groups in total. The second-order valence-corrected chi connectivity index (χ2v) is 4.33. The average Bonchev–Trinajstić information content (AvgIpc) is 2.54. The van der Waals surface area contributed by atoms with Crippen LogP contribution in [-0.4, -0.2) is 37.0 Å². The Morgan fingerprint density at radius 2 is 2.08 bits per heavy atom. The van der Waals surface area contributed by atoms with Gasteiger partial charge in [0.1, 0.15) is 6.10 Å². The van der Waals surface area contributed by atoms with Crippen molar-refractivity contribution in [3.8, 4) is 0 Å². The molecule has 0 saturated carbocycles. The topological polar surface area (TPSA) is 36.9 Å². The molecule has 4 heteroatoms. The summed E-state index contributed by atoms with van der Waals surface area (Å²) in [7, 11) is 0. The Labute approximate surface area is 77.1 Å². The Balaban J connectivity index is 1.83. The van der Waals surface area contributed by atoms with Crippen LogP contribution in [0.1, 0.15) is 20.3 Å². The molecular weight excluding hydrogens is 172 g/mol. The summed E-state index contributed by atoms with van der Waals surface area (Å²) >= 11 is 0. The summed E-state index contributed by atoms with van der Waals surface area (Å²) in [6.07, 6.45) is 1.02. The number of hydrogen-bond donors (Lipinski definition) is 0. The molecule has 3 rings (SSSR count). The lowest BCUT2D eigenvalue weighted by atomic mass is 10.1. The van der Waals surface area contributed by atoms with Gasteiger partial charge in [-0.05, 0) is 13.8 Å². The van der Waals surface area contributed by atoms with E-state index in [-0.39, 0.29) is 24.6 Å². The van der Waals surface area contributed by atoms with E-state index < -0.39 is 5.79 Å². The fraction of sp³-hybridized carbons (Fsp3) is 1.00. The third-order valence-electron chi connectivity index (χ3n) is 2.76. The van der Waals surface area contributed by atoms with Crippen LogP contribution in [0.5, 0.6) is 0 Å². The molecule has 0 aromatic carbocycles. The first-order valence-electron chi connectivity index (χ1n) is 4.77. The van der Waals surface area contributed by atoms with Crippen LogP contribution in [0, 0.1) is 0 Å². The molecule has 74 valence electrons. The highest BCUT2D eigenvalue weighted by atomic mass is 16.8. The Hall–Kier alpha value is -0.160. The Morgan fingerprint density at radius 1 is 1.23 bits per heavy atom. The number of fused-ring (bicyclic) bond motifs is 4. The quantitative estimate of drug-likeness (QED) is 0.556. The lowest BCUT2D eigenvalue weighted by molar-refractivity contribution is -0.186. The first-order valence-corrected chi connectivity index (χ1v) is 4.77. The van der Waals surface area contributed by atoms with E-state index in [1.54, 1.807) is 0 Å². The minimum absolute atomic E-state index is 0.0336. The van der Waals surface area contributed by atoms with Crippen LogP contribution >= 0.6 is 0 Å². The zero-order chi connectivity index (χ0) is 9.05. The standard InChI is InChI=1S/C9H14O4/c1-9(2)12-6-3-5-4-10-8(11-5)7(6)13-9/h5-8H,3-4H2,1-2H3/t5-,6-,7-,8+/m0/s1. The largest absolute Gasteiger partial charge is 0.347 e. The lowest BCUT2D eigenvalue weighted by Crippen LogP contribution is -2.41. The second-order valence-electron chi connectivity index (χ2n) is 4.33. The summed E-state index contributed by atoms with van der Waals surface area (Å²) in [5.41, 5.74) is 0. The van der Waals surface area contributed by atoms with Gasteiger partial charge in [-0.25, -0.2) is 0 Å². The molecule has 0 radical (unpaired) electrons. The van der Waals surface area contributed by atoms with E-state index in [0.717, 1.165) is 6.42 Å². The van der Waals surface area contributed by atoms with Crippen LogP contribution in [-0.2, 0) is 18.9 Å². The van der Waals surface area contributed by atoms with Crippen molar-refractivity contribution in [2.24, 2.45) is 0 Å². The van der Waals surface area contributed by atoms with Crippen LogP contribution in [0.3, 0.4) is 0 Å². The fourth-order valence-corrected chi connectivity index (χ4v) is 2.30. The molecule has 0 aliphatic carbocycles. The van der Waals surface area contributed by atoms with Crippen LogP contribution < -0.4 is 0 Å². The average molecular weight is 186 g/mol.